The maximum atomic E-state index is 11.4. The van der Waals surface area contributed by atoms with E-state index in [1.807, 2.05) is 0 Å². The second-order valence-electron chi connectivity index (χ2n) is 3.66. The van der Waals surface area contributed by atoms with Gasteiger partial charge in [-0.25, -0.2) is 4.68 Å². The van der Waals surface area contributed by atoms with E-state index in [0.717, 1.165) is 12.8 Å². The molecule has 0 aromatic carbocycles. The van der Waals surface area contributed by atoms with Crippen molar-refractivity contribution in [3.05, 3.63) is 12.7 Å². The molecular formula is C9H13N5O3. The Bertz CT molecular complexity index is 385. The van der Waals surface area contributed by atoms with Crippen molar-refractivity contribution in [2.75, 3.05) is 18.6 Å². The third kappa shape index (κ3) is 3.25. The lowest BCUT2D eigenvalue weighted by Crippen LogP contribution is -2.41. The maximum Gasteiger partial charge on any atom is 0.328 e. The van der Waals surface area contributed by atoms with Gasteiger partial charge in [0.15, 0.2) is 0 Å². The molecule has 2 heterocycles. The van der Waals surface area contributed by atoms with Crippen LogP contribution in [-0.2, 0) is 14.3 Å². The zero-order valence-electron chi connectivity index (χ0n) is 9.13. The Balaban J connectivity index is 1.73. The molecule has 8 nitrogen and oxygen atoms in total. The van der Waals surface area contributed by atoms with Crippen LogP contribution in [0.4, 0.5) is 0 Å². The molecule has 1 saturated heterocycles. The second-order valence-corrected chi connectivity index (χ2v) is 3.66. The summed E-state index contributed by atoms with van der Waals surface area (Å²) >= 11 is 0. The average molecular weight is 239 g/mol. The van der Waals surface area contributed by atoms with Gasteiger partial charge in [0.2, 0.25) is 0 Å². The van der Waals surface area contributed by atoms with Crippen LogP contribution < -0.4 is 10.7 Å². The van der Waals surface area contributed by atoms with Crippen molar-refractivity contribution in [1.29, 1.82) is 0 Å². The molecule has 0 saturated carbocycles. The minimum absolute atomic E-state index is 0.0154. The van der Waals surface area contributed by atoms with E-state index in [2.05, 4.69) is 20.9 Å². The van der Waals surface area contributed by atoms with Crippen molar-refractivity contribution >= 4 is 11.8 Å². The molecule has 0 radical (unpaired) electrons. The predicted octanol–water partition coefficient (Wildman–Crippen LogP) is -1.36. The number of carbonyl (C=O) groups is 2. The van der Waals surface area contributed by atoms with E-state index in [1.54, 1.807) is 0 Å². The van der Waals surface area contributed by atoms with Gasteiger partial charge in [-0.15, -0.1) is 10.2 Å². The SMILES string of the molecule is O=C(NCC1CCCO1)C(=O)Nn1cnnc1. The van der Waals surface area contributed by atoms with Crippen LogP contribution in [0, 0.1) is 0 Å². The molecule has 0 spiro atoms. The van der Waals surface area contributed by atoms with Crippen LogP contribution in [0.5, 0.6) is 0 Å². The molecule has 1 fully saturated rings. The van der Waals surface area contributed by atoms with E-state index in [0.29, 0.717) is 13.2 Å². The van der Waals surface area contributed by atoms with Crippen LogP contribution in [0.2, 0.25) is 0 Å². The molecule has 1 unspecified atom stereocenters. The fraction of sp³-hybridized carbons (Fsp3) is 0.556. The van der Waals surface area contributed by atoms with Crippen molar-refractivity contribution in [3.8, 4) is 0 Å². The first-order valence-electron chi connectivity index (χ1n) is 5.31. The third-order valence-electron chi connectivity index (χ3n) is 2.37. The van der Waals surface area contributed by atoms with E-state index in [1.165, 1.54) is 17.3 Å². The summed E-state index contributed by atoms with van der Waals surface area (Å²) < 4.78 is 6.52. The van der Waals surface area contributed by atoms with Crippen molar-refractivity contribution < 1.29 is 14.3 Å². The monoisotopic (exact) mass is 239 g/mol. The van der Waals surface area contributed by atoms with Gasteiger partial charge in [0.05, 0.1) is 6.10 Å². The fourth-order valence-electron chi connectivity index (χ4n) is 1.52. The number of nitrogens with zero attached hydrogens (tertiary/aromatic N) is 3. The third-order valence-corrected chi connectivity index (χ3v) is 2.37. The summed E-state index contributed by atoms with van der Waals surface area (Å²) in [5.74, 6) is -1.46. The van der Waals surface area contributed by atoms with E-state index in [-0.39, 0.29) is 6.10 Å². The van der Waals surface area contributed by atoms with Gasteiger partial charge in [0.1, 0.15) is 12.7 Å². The number of amides is 2. The highest BCUT2D eigenvalue weighted by Crippen LogP contribution is 2.10. The molecule has 1 aliphatic heterocycles. The zero-order valence-corrected chi connectivity index (χ0v) is 9.13. The normalized spacial score (nSPS) is 18.9. The van der Waals surface area contributed by atoms with Crippen molar-refractivity contribution in [3.63, 3.8) is 0 Å². The number of nitrogens with one attached hydrogen (secondary N) is 2. The molecular weight excluding hydrogens is 226 g/mol. The second kappa shape index (κ2) is 5.39. The summed E-state index contributed by atoms with van der Waals surface area (Å²) in [4.78, 5) is 22.8. The summed E-state index contributed by atoms with van der Waals surface area (Å²) in [5.41, 5.74) is 2.30. The lowest BCUT2D eigenvalue weighted by molar-refractivity contribution is -0.137. The van der Waals surface area contributed by atoms with Gasteiger partial charge in [-0.2, -0.15) is 0 Å². The van der Waals surface area contributed by atoms with Crippen LogP contribution in [0.15, 0.2) is 12.7 Å². The molecule has 2 N–H and O–H groups in total. The van der Waals surface area contributed by atoms with E-state index in [9.17, 15) is 9.59 Å². The molecule has 1 aromatic rings. The predicted molar refractivity (Wildman–Crippen MR) is 56.4 cm³/mol. The van der Waals surface area contributed by atoms with Gasteiger partial charge in [-0.05, 0) is 12.8 Å². The summed E-state index contributed by atoms with van der Waals surface area (Å²) in [6, 6.07) is 0. The molecule has 1 aromatic heterocycles. The Morgan fingerprint density at radius 3 is 2.76 bits per heavy atom. The summed E-state index contributed by atoms with van der Waals surface area (Å²) in [6.07, 6.45) is 4.48. The lowest BCUT2D eigenvalue weighted by Gasteiger charge is -2.10. The van der Waals surface area contributed by atoms with Gasteiger partial charge >= 0.3 is 11.8 Å². The number of rotatable bonds is 3. The van der Waals surface area contributed by atoms with Crippen LogP contribution in [0.3, 0.4) is 0 Å². The van der Waals surface area contributed by atoms with Gasteiger partial charge in [-0.1, -0.05) is 0 Å². The van der Waals surface area contributed by atoms with Crippen molar-refractivity contribution in [2.24, 2.45) is 0 Å². The minimum atomic E-state index is -0.761. The molecule has 0 aliphatic carbocycles. The Morgan fingerprint density at radius 1 is 1.35 bits per heavy atom. The summed E-state index contributed by atoms with van der Waals surface area (Å²) in [5, 5.41) is 9.49. The van der Waals surface area contributed by atoms with Gasteiger partial charge in [0, 0.05) is 13.2 Å². The number of aromatic nitrogens is 3. The van der Waals surface area contributed by atoms with E-state index >= 15 is 0 Å². The van der Waals surface area contributed by atoms with Crippen LogP contribution in [0.25, 0.3) is 0 Å². The fourth-order valence-corrected chi connectivity index (χ4v) is 1.52. The van der Waals surface area contributed by atoms with Gasteiger partial charge in [0.25, 0.3) is 0 Å². The largest absolute Gasteiger partial charge is 0.376 e. The first kappa shape index (κ1) is 11.5. The number of carbonyl (C=O) groups excluding carboxylic acids is 2. The number of ether oxygens (including phenoxy) is 1. The molecule has 17 heavy (non-hydrogen) atoms. The highest BCUT2D eigenvalue weighted by Gasteiger charge is 2.19. The van der Waals surface area contributed by atoms with Crippen LogP contribution in [0.1, 0.15) is 12.8 Å². The first-order chi connectivity index (χ1) is 8.25. The van der Waals surface area contributed by atoms with Crippen molar-refractivity contribution in [2.45, 2.75) is 18.9 Å². The standard InChI is InChI=1S/C9H13N5O3/c15-8(10-4-7-2-1-3-17-7)9(16)13-14-5-11-12-6-14/h5-7H,1-4H2,(H,10,15)(H,13,16). The maximum absolute atomic E-state index is 11.4. The molecule has 1 aliphatic rings. The topological polar surface area (TPSA) is 98.1 Å². The van der Waals surface area contributed by atoms with Gasteiger partial charge in [-0.3, -0.25) is 15.0 Å². The Morgan fingerprint density at radius 2 is 2.12 bits per heavy atom. The van der Waals surface area contributed by atoms with E-state index in [4.69, 9.17) is 4.74 Å². The molecule has 1 atom stereocenters. The Hall–Kier alpha value is -1.96. The Kier molecular flexibility index (Phi) is 3.66. The average Bonchev–Trinajstić information content (AvgIpc) is 2.98. The first-order valence-corrected chi connectivity index (χ1v) is 5.31. The Labute approximate surface area is 97.3 Å². The van der Waals surface area contributed by atoms with Crippen molar-refractivity contribution in [1.82, 2.24) is 20.2 Å². The molecule has 2 amide bonds. The number of hydrogen-bond donors (Lipinski definition) is 2. The molecule has 92 valence electrons. The highest BCUT2D eigenvalue weighted by atomic mass is 16.5. The molecule has 8 heteroatoms. The summed E-state index contributed by atoms with van der Waals surface area (Å²) in [6.45, 7) is 1.07. The quantitative estimate of drug-likeness (QED) is 0.635. The highest BCUT2D eigenvalue weighted by molar-refractivity contribution is 6.38. The number of hydrogen-bond acceptors (Lipinski definition) is 5. The van der Waals surface area contributed by atoms with Gasteiger partial charge < -0.3 is 10.1 Å². The van der Waals surface area contributed by atoms with E-state index < -0.39 is 11.8 Å². The zero-order chi connectivity index (χ0) is 12.1. The van der Waals surface area contributed by atoms with Crippen LogP contribution in [-0.4, -0.2) is 45.9 Å². The molecule has 0 bridgehead atoms. The van der Waals surface area contributed by atoms with Crippen LogP contribution >= 0.6 is 0 Å². The lowest BCUT2D eigenvalue weighted by atomic mass is 10.2. The molecule has 2 rings (SSSR count). The summed E-state index contributed by atoms with van der Waals surface area (Å²) in [7, 11) is 0. The smallest absolute Gasteiger partial charge is 0.328 e. The minimum Gasteiger partial charge on any atom is -0.376 e.